The number of phenols is 2. The second kappa shape index (κ2) is 2.46. The van der Waals surface area contributed by atoms with Crippen LogP contribution in [0, 0.1) is 20.8 Å². The molecule has 1 rings (SSSR count). The molecular weight excluding hydrogens is 140 g/mol. The van der Waals surface area contributed by atoms with Gasteiger partial charge in [0.25, 0.3) is 0 Å². The van der Waals surface area contributed by atoms with Crippen LogP contribution < -0.4 is 0 Å². The zero-order chi connectivity index (χ0) is 8.59. The van der Waals surface area contributed by atoms with Crippen molar-refractivity contribution in [3.05, 3.63) is 22.8 Å². The average molecular weight is 152 g/mol. The van der Waals surface area contributed by atoms with E-state index in [-0.39, 0.29) is 11.5 Å². The van der Waals surface area contributed by atoms with Crippen molar-refractivity contribution in [2.75, 3.05) is 0 Å². The number of hydrogen-bond donors (Lipinski definition) is 2. The predicted molar refractivity (Wildman–Crippen MR) is 44.0 cm³/mol. The molecule has 0 spiro atoms. The number of rotatable bonds is 0. The largest absolute Gasteiger partial charge is 0.504 e. The Labute approximate surface area is 66.1 Å². The molecule has 0 bridgehead atoms. The quantitative estimate of drug-likeness (QED) is 0.558. The maximum Gasteiger partial charge on any atom is 0.160 e. The smallest absolute Gasteiger partial charge is 0.160 e. The molecule has 1 aromatic rings. The number of aryl methyl sites for hydroxylation is 1. The molecule has 0 unspecified atom stereocenters. The van der Waals surface area contributed by atoms with Crippen molar-refractivity contribution in [2.45, 2.75) is 20.8 Å². The van der Waals surface area contributed by atoms with Crippen LogP contribution in [0.3, 0.4) is 0 Å². The second-order valence-electron chi connectivity index (χ2n) is 2.81. The fourth-order valence-electron chi connectivity index (χ4n) is 1.05. The first-order chi connectivity index (χ1) is 5.04. The molecule has 2 heteroatoms. The summed E-state index contributed by atoms with van der Waals surface area (Å²) in [5.74, 6) is -0.0429. The molecule has 0 saturated heterocycles. The molecule has 0 aliphatic heterocycles. The summed E-state index contributed by atoms with van der Waals surface area (Å²) >= 11 is 0. The molecule has 0 atom stereocenters. The molecule has 2 nitrogen and oxygen atoms in total. The molecule has 0 aliphatic rings. The fourth-order valence-corrected chi connectivity index (χ4v) is 1.05. The van der Waals surface area contributed by atoms with Gasteiger partial charge in [-0.3, -0.25) is 0 Å². The Morgan fingerprint density at radius 1 is 1.00 bits per heavy atom. The Kier molecular flexibility index (Phi) is 1.77. The third-order valence-electron chi connectivity index (χ3n) is 2.11. The Morgan fingerprint density at radius 2 is 1.55 bits per heavy atom. The van der Waals surface area contributed by atoms with E-state index in [0.29, 0.717) is 0 Å². The minimum atomic E-state index is -0.0365. The van der Waals surface area contributed by atoms with Crippen LogP contribution in [0.5, 0.6) is 11.5 Å². The third-order valence-corrected chi connectivity index (χ3v) is 2.11. The molecule has 0 saturated carbocycles. The summed E-state index contributed by atoms with van der Waals surface area (Å²) in [5, 5.41) is 18.4. The number of aromatic hydroxyl groups is 2. The molecule has 1 aromatic carbocycles. The molecular formula is C9H12O2. The van der Waals surface area contributed by atoms with Gasteiger partial charge in [-0.25, -0.2) is 0 Å². The first-order valence-electron chi connectivity index (χ1n) is 3.52. The van der Waals surface area contributed by atoms with Crippen molar-refractivity contribution in [3.8, 4) is 11.5 Å². The van der Waals surface area contributed by atoms with E-state index in [1.54, 1.807) is 13.0 Å². The van der Waals surface area contributed by atoms with Gasteiger partial charge in [-0.15, -0.1) is 0 Å². The van der Waals surface area contributed by atoms with Crippen LogP contribution in [0.1, 0.15) is 16.7 Å². The van der Waals surface area contributed by atoms with Crippen molar-refractivity contribution in [2.24, 2.45) is 0 Å². The van der Waals surface area contributed by atoms with Crippen molar-refractivity contribution in [1.82, 2.24) is 0 Å². The van der Waals surface area contributed by atoms with Crippen LogP contribution in [0.25, 0.3) is 0 Å². The molecule has 0 fully saturated rings. The van der Waals surface area contributed by atoms with Crippen LogP contribution in [-0.4, -0.2) is 10.2 Å². The molecule has 0 aromatic heterocycles. The lowest BCUT2D eigenvalue weighted by molar-refractivity contribution is 0.400. The highest BCUT2D eigenvalue weighted by Crippen LogP contribution is 2.32. The third kappa shape index (κ3) is 1.16. The van der Waals surface area contributed by atoms with Gasteiger partial charge in [0.1, 0.15) is 0 Å². The van der Waals surface area contributed by atoms with Crippen molar-refractivity contribution >= 4 is 0 Å². The lowest BCUT2D eigenvalue weighted by Gasteiger charge is -2.07. The highest BCUT2D eigenvalue weighted by Gasteiger charge is 2.07. The molecule has 11 heavy (non-hydrogen) atoms. The van der Waals surface area contributed by atoms with Crippen molar-refractivity contribution < 1.29 is 10.2 Å². The highest BCUT2D eigenvalue weighted by atomic mass is 16.3. The zero-order valence-corrected chi connectivity index (χ0v) is 6.97. The van der Waals surface area contributed by atoms with E-state index in [9.17, 15) is 5.11 Å². The summed E-state index contributed by atoms with van der Waals surface area (Å²) in [6.45, 7) is 5.61. The van der Waals surface area contributed by atoms with Crippen LogP contribution in [0.2, 0.25) is 0 Å². The van der Waals surface area contributed by atoms with E-state index in [2.05, 4.69) is 0 Å². The van der Waals surface area contributed by atoms with Crippen LogP contribution in [-0.2, 0) is 0 Å². The van der Waals surface area contributed by atoms with E-state index in [1.807, 2.05) is 13.8 Å². The number of phenolic OH excluding ortho intramolecular Hbond substituents is 2. The van der Waals surface area contributed by atoms with Gasteiger partial charge in [-0.1, -0.05) is 0 Å². The molecule has 2 N–H and O–H groups in total. The minimum absolute atomic E-state index is 0.00639. The topological polar surface area (TPSA) is 40.5 Å². The Morgan fingerprint density at radius 3 is 2.09 bits per heavy atom. The van der Waals surface area contributed by atoms with Gasteiger partial charge in [-0.05, 0) is 43.5 Å². The highest BCUT2D eigenvalue weighted by molar-refractivity contribution is 5.51. The Balaban J connectivity index is 3.46. The first-order valence-corrected chi connectivity index (χ1v) is 3.52. The molecule has 0 amide bonds. The van der Waals surface area contributed by atoms with Gasteiger partial charge in [0.2, 0.25) is 0 Å². The van der Waals surface area contributed by atoms with E-state index in [1.165, 1.54) is 0 Å². The van der Waals surface area contributed by atoms with Crippen LogP contribution >= 0.6 is 0 Å². The second-order valence-corrected chi connectivity index (χ2v) is 2.81. The normalized spacial score (nSPS) is 10.1. The van der Waals surface area contributed by atoms with E-state index in [4.69, 9.17) is 5.11 Å². The maximum absolute atomic E-state index is 9.26. The van der Waals surface area contributed by atoms with Gasteiger partial charge in [0.15, 0.2) is 11.5 Å². The summed E-state index contributed by atoms with van der Waals surface area (Å²) in [5.41, 5.74) is 2.78. The monoisotopic (exact) mass is 152 g/mol. The predicted octanol–water partition coefficient (Wildman–Crippen LogP) is 2.02. The SMILES string of the molecule is Cc1cc(O)c(O)c(C)c1C. The van der Waals surface area contributed by atoms with Crippen LogP contribution in [0.4, 0.5) is 0 Å². The van der Waals surface area contributed by atoms with E-state index < -0.39 is 0 Å². The zero-order valence-electron chi connectivity index (χ0n) is 6.97. The summed E-state index contributed by atoms with van der Waals surface area (Å²) in [6, 6.07) is 1.57. The lowest BCUT2D eigenvalue weighted by Crippen LogP contribution is -1.86. The van der Waals surface area contributed by atoms with Crippen LogP contribution in [0.15, 0.2) is 6.07 Å². The summed E-state index contributed by atoms with van der Waals surface area (Å²) < 4.78 is 0. The molecule has 0 radical (unpaired) electrons. The summed E-state index contributed by atoms with van der Waals surface area (Å²) in [4.78, 5) is 0. The summed E-state index contributed by atoms with van der Waals surface area (Å²) in [7, 11) is 0. The van der Waals surface area contributed by atoms with Gasteiger partial charge >= 0.3 is 0 Å². The van der Waals surface area contributed by atoms with Gasteiger partial charge in [0.05, 0.1) is 0 Å². The van der Waals surface area contributed by atoms with Gasteiger partial charge in [-0.2, -0.15) is 0 Å². The standard InChI is InChI=1S/C9H12O2/c1-5-4-8(10)9(11)7(3)6(5)2/h4,10-11H,1-3H3. The first kappa shape index (κ1) is 7.92. The number of hydrogen-bond acceptors (Lipinski definition) is 2. The Hall–Kier alpha value is -1.18. The molecule has 0 aliphatic carbocycles. The molecule has 60 valence electrons. The van der Waals surface area contributed by atoms with E-state index in [0.717, 1.165) is 16.7 Å². The summed E-state index contributed by atoms with van der Waals surface area (Å²) in [6.07, 6.45) is 0. The minimum Gasteiger partial charge on any atom is -0.504 e. The van der Waals surface area contributed by atoms with Crippen molar-refractivity contribution in [1.29, 1.82) is 0 Å². The maximum atomic E-state index is 9.26. The van der Waals surface area contributed by atoms with Gasteiger partial charge in [0, 0.05) is 0 Å². The fraction of sp³-hybridized carbons (Fsp3) is 0.333. The Bertz CT molecular complexity index is 264. The molecule has 0 heterocycles. The number of benzene rings is 1. The van der Waals surface area contributed by atoms with E-state index >= 15 is 0 Å². The average Bonchev–Trinajstić information content (AvgIpc) is 1.97. The van der Waals surface area contributed by atoms with Crippen molar-refractivity contribution in [3.63, 3.8) is 0 Å². The van der Waals surface area contributed by atoms with Gasteiger partial charge < -0.3 is 10.2 Å². The lowest BCUT2D eigenvalue weighted by atomic mass is 10.0.